The fraction of sp³-hybridized carbons (Fsp3) is 0.480. The minimum Gasteiger partial charge on any atom is -0.493 e. The van der Waals surface area contributed by atoms with E-state index in [-0.39, 0.29) is 36.8 Å². The zero-order valence-electron chi connectivity index (χ0n) is 19.4. The molecule has 1 unspecified atom stereocenters. The highest BCUT2D eigenvalue weighted by Crippen LogP contribution is 2.56. The first-order chi connectivity index (χ1) is 16.0. The van der Waals surface area contributed by atoms with Crippen molar-refractivity contribution >= 4 is 5.97 Å². The first-order valence-corrected chi connectivity index (χ1v) is 11.0. The maximum Gasteiger partial charge on any atom is 0.310 e. The summed E-state index contributed by atoms with van der Waals surface area (Å²) >= 11 is 0. The lowest BCUT2D eigenvalue weighted by molar-refractivity contribution is -0.142. The lowest BCUT2D eigenvalue weighted by Gasteiger charge is -2.39. The number of benzene rings is 2. The van der Waals surface area contributed by atoms with Crippen molar-refractivity contribution in [2.45, 2.75) is 32.0 Å². The van der Waals surface area contributed by atoms with Gasteiger partial charge in [0, 0.05) is 11.8 Å². The number of cyclic esters (lactones) is 1. The van der Waals surface area contributed by atoms with Gasteiger partial charge in [0.2, 0.25) is 12.5 Å². The molecule has 33 heavy (non-hydrogen) atoms. The summed E-state index contributed by atoms with van der Waals surface area (Å²) in [6, 6.07) is 7.73. The highest BCUT2D eigenvalue weighted by atomic mass is 16.7. The number of carbonyl (C=O) groups excluding carboxylic acids is 1. The van der Waals surface area contributed by atoms with Gasteiger partial charge in [-0.3, -0.25) is 4.79 Å². The molecule has 0 spiro atoms. The lowest BCUT2D eigenvalue weighted by atomic mass is 9.66. The van der Waals surface area contributed by atoms with Crippen LogP contribution in [0.4, 0.5) is 0 Å². The van der Waals surface area contributed by atoms with Gasteiger partial charge in [0.1, 0.15) is 0 Å². The number of ether oxygens (including phenoxy) is 7. The molecule has 2 heterocycles. The Balaban J connectivity index is 1.74. The van der Waals surface area contributed by atoms with Crippen molar-refractivity contribution in [2.75, 3.05) is 34.7 Å². The molecule has 176 valence electrons. The van der Waals surface area contributed by atoms with Crippen LogP contribution in [0, 0.1) is 11.8 Å². The minimum absolute atomic E-state index is 0.0256. The van der Waals surface area contributed by atoms with Crippen LogP contribution in [0.15, 0.2) is 24.3 Å². The van der Waals surface area contributed by atoms with Crippen molar-refractivity contribution in [2.24, 2.45) is 11.8 Å². The van der Waals surface area contributed by atoms with Gasteiger partial charge in [-0.15, -0.1) is 0 Å². The monoisotopic (exact) mass is 456 g/mol. The average molecular weight is 456 g/mol. The Labute approximate surface area is 192 Å². The number of carbonyl (C=O) groups is 1. The van der Waals surface area contributed by atoms with Crippen LogP contribution in [0.25, 0.3) is 0 Å². The summed E-state index contributed by atoms with van der Waals surface area (Å²) in [5.41, 5.74) is 2.78. The zero-order chi connectivity index (χ0) is 23.3. The van der Waals surface area contributed by atoms with Gasteiger partial charge in [-0.1, -0.05) is 0 Å². The van der Waals surface area contributed by atoms with E-state index in [1.807, 2.05) is 38.1 Å². The van der Waals surface area contributed by atoms with E-state index in [1.165, 1.54) is 0 Å². The van der Waals surface area contributed by atoms with E-state index in [0.29, 0.717) is 35.4 Å². The molecule has 1 aliphatic carbocycles. The molecule has 8 heteroatoms. The van der Waals surface area contributed by atoms with Crippen LogP contribution in [-0.4, -0.2) is 46.8 Å². The summed E-state index contributed by atoms with van der Waals surface area (Å²) in [6.07, 6.45) is -0.327. The molecule has 0 bridgehead atoms. The Hall–Kier alpha value is -3.13. The molecule has 1 fully saturated rings. The predicted octanol–water partition coefficient (Wildman–Crippen LogP) is 3.84. The number of hydrogen-bond acceptors (Lipinski definition) is 8. The maximum absolute atomic E-state index is 13.1. The molecule has 5 rings (SSSR count). The molecular weight excluding hydrogens is 428 g/mol. The quantitative estimate of drug-likeness (QED) is 0.607. The summed E-state index contributed by atoms with van der Waals surface area (Å²) in [6.45, 7) is 4.45. The molecule has 3 aliphatic rings. The lowest BCUT2D eigenvalue weighted by Crippen LogP contribution is -2.36. The molecular formula is C25H28O8. The second kappa shape index (κ2) is 8.33. The first-order valence-electron chi connectivity index (χ1n) is 11.0. The second-order valence-corrected chi connectivity index (χ2v) is 8.70. The van der Waals surface area contributed by atoms with Crippen molar-refractivity contribution in [1.29, 1.82) is 0 Å². The predicted molar refractivity (Wildman–Crippen MR) is 117 cm³/mol. The van der Waals surface area contributed by atoms with Crippen LogP contribution >= 0.6 is 0 Å². The second-order valence-electron chi connectivity index (χ2n) is 8.70. The van der Waals surface area contributed by atoms with Crippen LogP contribution < -0.4 is 23.7 Å². The molecule has 0 saturated carbocycles. The van der Waals surface area contributed by atoms with Crippen molar-refractivity contribution in [3.05, 3.63) is 41.0 Å². The van der Waals surface area contributed by atoms with E-state index in [1.54, 1.807) is 21.3 Å². The molecule has 0 N–H and O–H groups in total. The molecule has 0 amide bonds. The highest BCUT2D eigenvalue weighted by Gasteiger charge is 2.53. The average Bonchev–Trinajstić information content (AvgIpc) is 3.43. The number of hydrogen-bond donors (Lipinski definition) is 0. The fourth-order valence-corrected chi connectivity index (χ4v) is 5.26. The minimum atomic E-state index is -0.426. The standard InChI is InChI=1S/C25H28O8/c1-12(2)33-23-15-9-18-17(31-11-32-18)8-14(15)21(22-16(23)10-30-25(22)26)13-6-19(27-3)24(29-5)20(7-13)28-4/h6-9,12,16,21-23H,10-11H2,1-5H3/t16?,21-,22+,23+/m1/s1. The third-order valence-electron chi connectivity index (χ3n) is 6.58. The normalized spacial score (nSPS) is 24.8. The number of methoxy groups -OCH3 is 3. The SMILES string of the molecule is COc1cc([C@@H]2c3cc4c(cc3[C@H](OC(C)C)C3COC(=O)[C@@H]32)OCO4)cc(OC)c1OC. The van der Waals surface area contributed by atoms with Gasteiger partial charge in [0.25, 0.3) is 0 Å². The van der Waals surface area contributed by atoms with E-state index in [0.717, 1.165) is 16.7 Å². The Morgan fingerprint density at radius 3 is 2.09 bits per heavy atom. The third-order valence-corrected chi connectivity index (χ3v) is 6.58. The first kappa shape index (κ1) is 21.7. The van der Waals surface area contributed by atoms with Crippen LogP contribution in [-0.2, 0) is 14.3 Å². The molecule has 0 radical (unpaired) electrons. The van der Waals surface area contributed by atoms with Gasteiger partial charge < -0.3 is 33.2 Å². The van der Waals surface area contributed by atoms with Gasteiger partial charge >= 0.3 is 5.97 Å². The molecule has 1 saturated heterocycles. The van der Waals surface area contributed by atoms with Crippen LogP contribution in [0.2, 0.25) is 0 Å². The van der Waals surface area contributed by atoms with Gasteiger partial charge in [-0.05, 0) is 54.8 Å². The highest BCUT2D eigenvalue weighted by molar-refractivity contribution is 5.79. The number of esters is 1. The Morgan fingerprint density at radius 2 is 1.52 bits per heavy atom. The van der Waals surface area contributed by atoms with Gasteiger partial charge in [-0.25, -0.2) is 0 Å². The van der Waals surface area contributed by atoms with E-state index in [2.05, 4.69) is 0 Å². The summed E-state index contributed by atoms with van der Waals surface area (Å²) in [5.74, 6) is 1.76. The van der Waals surface area contributed by atoms with Crippen molar-refractivity contribution in [3.63, 3.8) is 0 Å². The molecule has 4 atom stereocenters. The molecule has 2 aromatic rings. The van der Waals surface area contributed by atoms with Crippen molar-refractivity contribution in [1.82, 2.24) is 0 Å². The largest absolute Gasteiger partial charge is 0.493 e. The van der Waals surface area contributed by atoms with Crippen LogP contribution in [0.3, 0.4) is 0 Å². The van der Waals surface area contributed by atoms with E-state index in [4.69, 9.17) is 33.2 Å². The summed E-state index contributed by atoms with van der Waals surface area (Å²) in [4.78, 5) is 13.1. The molecule has 8 nitrogen and oxygen atoms in total. The molecule has 0 aromatic heterocycles. The smallest absolute Gasteiger partial charge is 0.310 e. The Bertz CT molecular complexity index is 1050. The van der Waals surface area contributed by atoms with E-state index >= 15 is 0 Å². The topological polar surface area (TPSA) is 81.7 Å². The number of fused-ring (bicyclic) bond motifs is 3. The van der Waals surface area contributed by atoms with Gasteiger partial charge in [0.15, 0.2) is 23.0 Å². The van der Waals surface area contributed by atoms with Crippen LogP contribution in [0.5, 0.6) is 28.7 Å². The van der Waals surface area contributed by atoms with E-state index < -0.39 is 5.92 Å². The summed E-state index contributed by atoms with van der Waals surface area (Å²) in [7, 11) is 4.72. The molecule has 2 aliphatic heterocycles. The Kier molecular flexibility index (Phi) is 5.48. The third kappa shape index (κ3) is 3.44. The molecule has 2 aromatic carbocycles. The maximum atomic E-state index is 13.1. The van der Waals surface area contributed by atoms with Gasteiger partial charge in [0.05, 0.1) is 46.1 Å². The van der Waals surface area contributed by atoms with Crippen molar-refractivity contribution in [3.8, 4) is 28.7 Å². The zero-order valence-corrected chi connectivity index (χ0v) is 19.4. The fourth-order valence-electron chi connectivity index (χ4n) is 5.26. The summed E-state index contributed by atoms with van der Waals surface area (Å²) in [5, 5.41) is 0. The summed E-state index contributed by atoms with van der Waals surface area (Å²) < 4.78 is 40.0. The van der Waals surface area contributed by atoms with Crippen LogP contribution in [0.1, 0.15) is 42.6 Å². The number of rotatable bonds is 6. The van der Waals surface area contributed by atoms with E-state index in [9.17, 15) is 4.79 Å². The Morgan fingerprint density at radius 1 is 0.879 bits per heavy atom. The van der Waals surface area contributed by atoms with Crippen molar-refractivity contribution < 1.29 is 38.0 Å². The van der Waals surface area contributed by atoms with Gasteiger partial charge in [-0.2, -0.15) is 0 Å².